The van der Waals surface area contributed by atoms with E-state index >= 15 is 0 Å². The summed E-state index contributed by atoms with van der Waals surface area (Å²) in [7, 11) is 4.08. The highest BCUT2D eigenvalue weighted by Gasteiger charge is 2.47. The zero-order valence-electron chi connectivity index (χ0n) is 13.6. The lowest BCUT2D eigenvalue weighted by atomic mass is 9.92. The standard InChI is InChI=1S/C16H27N5O/c1-20(2)9-10-21-8-5-15(19-21)18-16(22)14-11-13(14)12-3-6-17-7-4-12/h5,8,12-14,17H,3-4,6-7,9-11H2,1-2H3,(H,18,19,22)/t13-,14+/m0/s1. The molecule has 1 aliphatic heterocycles. The van der Waals surface area contributed by atoms with Gasteiger partial charge in [0.2, 0.25) is 5.91 Å². The molecule has 3 rings (SSSR count). The number of piperidine rings is 1. The molecule has 1 saturated heterocycles. The van der Waals surface area contributed by atoms with Gasteiger partial charge in [0.1, 0.15) is 0 Å². The number of rotatable bonds is 6. The van der Waals surface area contributed by atoms with Crippen molar-refractivity contribution >= 4 is 11.7 Å². The summed E-state index contributed by atoms with van der Waals surface area (Å²) >= 11 is 0. The summed E-state index contributed by atoms with van der Waals surface area (Å²) in [5, 5.41) is 10.8. The van der Waals surface area contributed by atoms with Crippen LogP contribution in [-0.2, 0) is 11.3 Å². The van der Waals surface area contributed by atoms with Gasteiger partial charge in [0.25, 0.3) is 0 Å². The molecule has 2 heterocycles. The maximum Gasteiger partial charge on any atom is 0.228 e. The number of carbonyl (C=O) groups excluding carboxylic acids is 1. The molecule has 1 aromatic heterocycles. The predicted octanol–water partition coefficient (Wildman–Crippen LogP) is 1.02. The summed E-state index contributed by atoms with van der Waals surface area (Å²) in [4.78, 5) is 14.4. The molecule has 1 saturated carbocycles. The Kier molecular flexibility index (Phi) is 4.78. The van der Waals surface area contributed by atoms with Gasteiger partial charge >= 0.3 is 0 Å². The fourth-order valence-corrected chi connectivity index (χ4v) is 3.38. The van der Waals surface area contributed by atoms with Gasteiger partial charge in [-0.1, -0.05) is 0 Å². The highest BCUT2D eigenvalue weighted by molar-refractivity contribution is 5.93. The summed E-state index contributed by atoms with van der Waals surface area (Å²) in [6.07, 6.45) is 5.41. The van der Waals surface area contributed by atoms with Crippen molar-refractivity contribution in [3.05, 3.63) is 12.3 Å². The number of nitrogens with one attached hydrogen (secondary N) is 2. The van der Waals surface area contributed by atoms with Crippen molar-refractivity contribution in [3.8, 4) is 0 Å². The lowest BCUT2D eigenvalue weighted by Crippen LogP contribution is -2.29. The molecule has 1 aliphatic carbocycles. The molecule has 6 heteroatoms. The van der Waals surface area contributed by atoms with Gasteiger partial charge in [-0.05, 0) is 58.3 Å². The molecule has 1 aromatic rings. The van der Waals surface area contributed by atoms with Crippen LogP contribution in [0.1, 0.15) is 19.3 Å². The maximum atomic E-state index is 12.3. The first kappa shape index (κ1) is 15.5. The fourth-order valence-electron chi connectivity index (χ4n) is 3.38. The van der Waals surface area contributed by atoms with E-state index in [0.29, 0.717) is 11.7 Å². The molecule has 0 spiro atoms. The van der Waals surface area contributed by atoms with Crippen molar-refractivity contribution in [1.82, 2.24) is 20.0 Å². The summed E-state index contributed by atoms with van der Waals surface area (Å²) in [5.74, 6) is 2.36. The van der Waals surface area contributed by atoms with E-state index in [4.69, 9.17) is 0 Å². The summed E-state index contributed by atoms with van der Waals surface area (Å²) in [6.45, 7) is 3.98. The number of nitrogens with zero attached hydrogens (tertiary/aromatic N) is 3. The molecular formula is C16H27N5O. The fraction of sp³-hybridized carbons (Fsp3) is 0.750. The van der Waals surface area contributed by atoms with Crippen molar-refractivity contribution in [2.45, 2.75) is 25.8 Å². The number of hydrogen-bond donors (Lipinski definition) is 2. The van der Waals surface area contributed by atoms with Crippen molar-refractivity contribution in [3.63, 3.8) is 0 Å². The van der Waals surface area contributed by atoms with E-state index in [1.165, 1.54) is 12.8 Å². The van der Waals surface area contributed by atoms with Crippen LogP contribution in [0.4, 0.5) is 5.82 Å². The molecule has 1 amide bonds. The highest BCUT2D eigenvalue weighted by Crippen LogP contribution is 2.47. The maximum absolute atomic E-state index is 12.3. The molecule has 2 aliphatic rings. The minimum Gasteiger partial charge on any atom is -0.317 e. The summed E-state index contributed by atoms with van der Waals surface area (Å²) < 4.78 is 1.88. The average Bonchev–Trinajstić information content (AvgIpc) is 3.20. The van der Waals surface area contributed by atoms with Gasteiger partial charge in [0, 0.05) is 24.7 Å². The van der Waals surface area contributed by atoms with Crippen LogP contribution in [0.3, 0.4) is 0 Å². The summed E-state index contributed by atoms with van der Waals surface area (Å²) in [5.41, 5.74) is 0. The van der Waals surface area contributed by atoms with Gasteiger partial charge < -0.3 is 15.5 Å². The van der Waals surface area contributed by atoms with Crippen LogP contribution in [0.2, 0.25) is 0 Å². The lowest BCUT2D eigenvalue weighted by molar-refractivity contribution is -0.117. The number of hydrogen-bond acceptors (Lipinski definition) is 4. The van der Waals surface area contributed by atoms with E-state index in [1.54, 1.807) is 0 Å². The largest absolute Gasteiger partial charge is 0.317 e. The van der Waals surface area contributed by atoms with Gasteiger partial charge in [-0.3, -0.25) is 9.48 Å². The first-order valence-corrected chi connectivity index (χ1v) is 8.33. The minimum absolute atomic E-state index is 0.154. The lowest BCUT2D eigenvalue weighted by Gasteiger charge is -2.22. The third-order valence-electron chi connectivity index (χ3n) is 4.83. The Morgan fingerprint density at radius 3 is 2.95 bits per heavy atom. The van der Waals surface area contributed by atoms with E-state index in [9.17, 15) is 4.79 Å². The SMILES string of the molecule is CN(C)CCn1ccc(NC(=O)[C@@H]2C[C@H]2C2CCNCC2)n1. The molecular weight excluding hydrogens is 278 g/mol. The van der Waals surface area contributed by atoms with Crippen LogP contribution in [0.5, 0.6) is 0 Å². The molecule has 6 nitrogen and oxygen atoms in total. The Morgan fingerprint density at radius 1 is 1.45 bits per heavy atom. The summed E-state index contributed by atoms with van der Waals surface area (Å²) in [6, 6.07) is 1.88. The second-order valence-corrected chi connectivity index (χ2v) is 6.85. The number of carbonyl (C=O) groups is 1. The van der Waals surface area contributed by atoms with E-state index < -0.39 is 0 Å². The van der Waals surface area contributed by atoms with Gasteiger partial charge in [-0.25, -0.2) is 0 Å². The first-order valence-electron chi connectivity index (χ1n) is 8.33. The Morgan fingerprint density at radius 2 is 2.23 bits per heavy atom. The monoisotopic (exact) mass is 305 g/mol. The topological polar surface area (TPSA) is 62.2 Å². The number of aromatic nitrogens is 2. The molecule has 0 unspecified atom stereocenters. The second-order valence-electron chi connectivity index (χ2n) is 6.85. The van der Waals surface area contributed by atoms with Gasteiger partial charge in [0.05, 0.1) is 6.54 Å². The van der Waals surface area contributed by atoms with Crippen LogP contribution in [0, 0.1) is 17.8 Å². The second kappa shape index (κ2) is 6.79. The zero-order valence-corrected chi connectivity index (χ0v) is 13.6. The van der Waals surface area contributed by atoms with Crippen molar-refractivity contribution < 1.29 is 4.79 Å². The average molecular weight is 305 g/mol. The molecule has 2 atom stereocenters. The van der Waals surface area contributed by atoms with Crippen LogP contribution < -0.4 is 10.6 Å². The predicted molar refractivity (Wildman–Crippen MR) is 86.6 cm³/mol. The Bertz CT molecular complexity index is 506. The molecule has 0 aromatic carbocycles. The number of amides is 1. The van der Waals surface area contributed by atoms with Crippen LogP contribution in [0.25, 0.3) is 0 Å². The molecule has 122 valence electrons. The third-order valence-corrected chi connectivity index (χ3v) is 4.83. The molecule has 22 heavy (non-hydrogen) atoms. The molecule has 2 fully saturated rings. The van der Waals surface area contributed by atoms with Crippen molar-refractivity contribution in [2.24, 2.45) is 17.8 Å². The molecule has 0 bridgehead atoms. The third kappa shape index (κ3) is 3.87. The number of likely N-dealkylation sites (N-methyl/N-ethyl adjacent to an activating group) is 1. The number of anilines is 1. The van der Waals surface area contributed by atoms with Crippen molar-refractivity contribution in [2.75, 3.05) is 39.0 Å². The molecule has 0 radical (unpaired) electrons. The minimum atomic E-state index is 0.154. The van der Waals surface area contributed by atoms with Crippen LogP contribution in [0.15, 0.2) is 12.3 Å². The quantitative estimate of drug-likeness (QED) is 0.824. The highest BCUT2D eigenvalue weighted by atomic mass is 16.2. The van der Waals surface area contributed by atoms with Crippen LogP contribution in [-0.4, -0.2) is 54.3 Å². The Balaban J connectivity index is 1.46. The van der Waals surface area contributed by atoms with E-state index in [0.717, 1.165) is 38.5 Å². The van der Waals surface area contributed by atoms with Crippen LogP contribution >= 0.6 is 0 Å². The molecule has 2 N–H and O–H groups in total. The Labute approximate surface area is 132 Å². The van der Waals surface area contributed by atoms with E-state index in [-0.39, 0.29) is 11.8 Å². The van der Waals surface area contributed by atoms with Gasteiger partial charge in [-0.15, -0.1) is 0 Å². The van der Waals surface area contributed by atoms with Crippen molar-refractivity contribution in [1.29, 1.82) is 0 Å². The Hall–Kier alpha value is -1.40. The first-order chi connectivity index (χ1) is 10.6. The normalized spacial score (nSPS) is 25.4. The smallest absolute Gasteiger partial charge is 0.228 e. The van der Waals surface area contributed by atoms with Gasteiger partial charge in [0.15, 0.2) is 5.82 Å². The van der Waals surface area contributed by atoms with E-state index in [1.807, 2.05) is 31.0 Å². The van der Waals surface area contributed by atoms with Gasteiger partial charge in [-0.2, -0.15) is 5.10 Å². The zero-order chi connectivity index (χ0) is 15.5. The van der Waals surface area contributed by atoms with E-state index in [2.05, 4.69) is 20.6 Å².